The van der Waals surface area contributed by atoms with E-state index in [1.807, 2.05) is 0 Å². The quantitative estimate of drug-likeness (QED) is 0.817. The number of hydrogen-bond acceptors (Lipinski definition) is 4. The number of thioether (sulfide) groups is 1. The molecule has 0 amide bonds. The molecule has 1 aromatic heterocycles. The molecule has 0 unspecified atom stereocenters. The van der Waals surface area contributed by atoms with Gasteiger partial charge in [-0.25, -0.2) is 0 Å². The minimum absolute atomic E-state index is 0.0693. The lowest BCUT2D eigenvalue weighted by Gasteiger charge is -2.12. The van der Waals surface area contributed by atoms with Crippen LogP contribution in [0.2, 0.25) is 0 Å². The highest BCUT2D eigenvalue weighted by Gasteiger charge is 2.27. The summed E-state index contributed by atoms with van der Waals surface area (Å²) in [6.45, 7) is 0.365. The zero-order valence-corrected chi connectivity index (χ0v) is 11.7. The zero-order chi connectivity index (χ0) is 15.3. The molecule has 1 heterocycles. The maximum Gasteiger partial charge on any atom is 0.398 e. The van der Waals surface area contributed by atoms with Crippen molar-refractivity contribution in [2.75, 3.05) is 11.1 Å². The lowest BCUT2D eigenvalue weighted by molar-refractivity contribution is -0.105. The zero-order valence-electron chi connectivity index (χ0n) is 10.9. The van der Waals surface area contributed by atoms with Gasteiger partial charge in [-0.15, -0.1) is 11.8 Å². The molecule has 0 saturated carbocycles. The first-order valence-electron chi connectivity index (χ1n) is 6.10. The first-order chi connectivity index (χ1) is 9.94. The topological polar surface area (TPSA) is 45.1 Å². The molecule has 112 valence electrons. The Balaban J connectivity index is 2.01. The summed E-state index contributed by atoms with van der Waals surface area (Å²) >= 11 is 0.744. The van der Waals surface area contributed by atoms with Crippen molar-refractivity contribution < 1.29 is 18.3 Å². The van der Waals surface area contributed by atoms with Crippen molar-refractivity contribution in [2.24, 2.45) is 0 Å². The summed E-state index contributed by atoms with van der Waals surface area (Å²) in [6, 6.07) is 9.97. The van der Waals surface area contributed by atoms with Gasteiger partial charge >= 0.3 is 6.18 Å². The number of hydrogen-bond donors (Lipinski definition) is 2. The minimum atomic E-state index is -4.20. The average Bonchev–Trinajstić information content (AvgIpc) is 2.44. The molecular formula is C14H13F3N2OS. The second-order valence-corrected chi connectivity index (χ2v) is 5.28. The maximum atomic E-state index is 12.3. The van der Waals surface area contributed by atoms with Crippen molar-refractivity contribution >= 4 is 17.4 Å². The van der Waals surface area contributed by atoms with Gasteiger partial charge in [0.25, 0.3) is 0 Å². The van der Waals surface area contributed by atoms with Crippen molar-refractivity contribution in [2.45, 2.75) is 17.6 Å². The van der Waals surface area contributed by atoms with Crippen molar-refractivity contribution in [3.63, 3.8) is 0 Å². The highest BCUT2D eigenvalue weighted by Crippen LogP contribution is 2.32. The maximum absolute atomic E-state index is 12.3. The molecule has 0 aliphatic rings. The molecule has 0 spiro atoms. The van der Waals surface area contributed by atoms with Crippen LogP contribution in [0.4, 0.5) is 18.9 Å². The molecule has 0 saturated heterocycles. The molecular weight excluding hydrogens is 301 g/mol. The normalized spacial score (nSPS) is 11.4. The third-order valence-corrected chi connectivity index (χ3v) is 3.69. The number of nitrogens with one attached hydrogen (secondary N) is 1. The fourth-order valence-corrected chi connectivity index (χ4v) is 2.39. The Morgan fingerprint density at radius 2 is 1.90 bits per heavy atom. The molecule has 0 radical (unpaired) electrons. The van der Waals surface area contributed by atoms with Gasteiger partial charge < -0.3 is 10.4 Å². The highest BCUT2D eigenvalue weighted by atomic mass is 32.2. The van der Waals surface area contributed by atoms with Gasteiger partial charge in [0.2, 0.25) is 0 Å². The van der Waals surface area contributed by atoms with Crippen LogP contribution in [-0.4, -0.2) is 22.0 Å². The molecule has 1 aromatic carbocycles. The third kappa shape index (κ3) is 5.18. The molecule has 21 heavy (non-hydrogen) atoms. The molecule has 2 N–H and O–H groups in total. The number of alkyl halides is 3. The second kappa shape index (κ2) is 6.71. The second-order valence-electron chi connectivity index (χ2n) is 4.26. The molecule has 0 fully saturated rings. The SMILES string of the molecule is Oc1ccc(CNc2ccccc2SCC(F)(F)F)nc1. The van der Waals surface area contributed by atoms with Crippen LogP contribution in [0.15, 0.2) is 47.5 Å². The summed E-state index contributed by atoms with van der Waals surface area (Å²) in [4.78, 5) is 4.54. The molecule has 3 nitrogen and oxygen atoms in total. The lowest BCUT2D eigenvalue weighted by atomic mass is 10.3. The largest absolute Gasteiger partial charge is 0.506 e. The van der Waals surface area contributed by atoms with Gasteiger partial charge in [0, 0.05) is 10.6 Å². The number of rotatable bonds is 5. The van der Waals surface area contributed by atoms with Crippen LogP contribution in [-0.2, 0) is 6.54 Å². The number of aromatic nitrogens is 1. The summed E-state index contributed by atoms with van der Waals surface area (Å²) in [7, 11) is 0. The Labute approximate surface area is 124 Å². The van der Waals surface area contributed by atoms with E-state index in [2.05, 4.69) is 10.3 Å². The van der Waals surface area contributed by atoms with Crippen LogP contribution in [0.25, 0.3) is 0 Å². The number of benzene rings is 1. The Hall–Kier alpha value is -1.89. The lowest BCUT2D eigenvalue weighted by Crippen LogP contribution is -2.11. The fraction of sp³-hybridized carbons (Fsp3) is 0.214. The number of anilines is 1. The van der Waals surface area contributed by atoms with Gasteiger partial charge in [-0.2, -0.15) is 13.2 Å². The number of aromatic hydroxyl groups is 1. The molecule has 2 rings (SSSR count). The van der Waals surface area contributed by atoms with Crippen molar-refractivity contribution in [1.29, 1.82) is 0 Å². The Morgan fingerprint density at radius 1 is 1.14 bits per heavy atom. The van der Waals surface area contributed by atoms with E-state index in [4.69, 9.17) is 5.11 Å². The molecule has 2 aromatic rings. The van der Waals surface area contributed by atoms with E-state index in [-0.39, 0.29) is 5.75 Å². The highest BCUT2D eigenvalue weighted by molar-refractivity contribution is 7.99. The van der Waals surface area contributed by atoms with E-state index >= 15 is 0 Å². The fourth-order valence-electron chi connectivity index (χ4n) is 1.61. The van der Waals surface area contributed by atoms with Crippen LogP contribution < -0.4 is 5.32 Å². The number of nitrogens with zero attached hydrogens (tertiary/aromatic N) is 1. The van der Waals surface area contributed by atoms with E-state index in [1.54, 1.807) is 30.3 Å². The summed E-state index contributed by atoms with van der Waals surface area (Å²) < 4.78 is 36.9. The predicted molar refractivity (Wildman–Crippen MR) is 76.4 cm³/mol. The van der Waals surface area contributed by atoms with Crippen molar-refractivity contribution in [3.05, 3.63) is 48.3 Å². The third-order valence-electron chi connectivity index (χ3n) is 2.55. The van der Waals surface area contributed by atoms with E-state index < -0.39 is 11.9 Å². The number of halogens is 3. The summed E-state index contributed by atoms with van der Waals surface area (Å²) in [6.07, 6.45) is -2.88. The predicted octanol–water partition coefficient (Wildman–Crippen LogP) is 4.05. The van der Waals surface area contributed by atoms with Gasteiger partial charge in [0.1, 0.15) is 5.75 Å². The molecule has 0 aliphatic heterocycles. The van der Waals surface area contributed by atoms with E-state index in [9.17, 15) is 13.2 Å². The van der Waals surface area contributed by atoms with Crippen LogP contribution in [0.1, 0.15) is 5.69 Å². The van der Waals surface area contributed by atoms with Gasteiger partial charge in [-0.3, -0.25) is 4.98 Å². The van der Waals surface area contributed by atoms with Crippen LogP contribution in [0.3, 0.4) is 0 Å². The van der Waals surface area contributed by atoms with E-state index in [0.29, 0.717) is 22.8 Å². The monoisotopic (exact) mass is 314 g/mol. The number of para-hydroxylation sites is 1. The number of pyridine rings is 1. The molecule has 0 bridgehead atoms. The van der Waals surface area contributed by atoms with E-state index in [0.717, 1.165) is 11.8 Å². The molecule has 0 aliphatic carbocycles. The van der Waals surface area contributed by atoms with Gasteiger partial charge in [0.05, 0.1) is 24.2 Å². The summed E-state index contributed by atoms with van der Waals surface area (Å²) in [5, 5.41) is 12.2. The summed E-state index contributed by atoms with van der Waals surface area (Å²) in [5.41, 5.74) is 1.31. The Morgan fingerprint density at radius 3 is 2.57 bits per heavy atom. The van der Waals surface area contributed by atoms with Gasteiger partial charge in [-0.1, -0.05) is 12.1 Å². The van der Waals surface area contributed by atoms with E-state index in [1.165, 1.54) is 12.3 Å². The minimum Gasteiger partial charge on any atom is -0.506 e. The van der Waals surface area contributed by atoms with Crippen LogP contribution in [0, 0.1) is 0 Å². The standard InChI is InChI=1S/C14H13F3N2OS/c15-14(16,17)9-21-13-4-2-1-3-12(13)19-7-10-5-6-11(20)8-18-10/h1-6,8,19-20H,7,9H2. The Bertz CT molecular complexity index is 588. The van der Waals surface area contributed by atoms with Gasteiger partial charge in [0.15, 0.2) is 0 Å². The average molecular weight is 314 g/mol. The van der Waals surface area contributed by atoms with Crippen LogP contribution in [0.5, 0.6) is 5.75 Å². The molecule has 7 heteroatoms. The Kier molecular flexibility index (Phi) is 4.95. The van der Waals surface area contributed by atoms with Crippen molar-refractivity contribution in [3.8, 4) is 5.75 Å². The first kappa shape index (κ1) is 15.5. The van der Waals surface area contributed by atoms with Gasteiger partial charge in [-0.05, 0) is 24.3 Å². The van der Waals surface area contributed by atoms with Crippen molar-refractivity contribution in [1.82, 2.24) is 4.98 Å². The smallest absolute Gasteiger partial charge is 0.398 e. The van der Waals surface area contributed by atoms with Crippen LogP contribution >= 0.6 is 11.8 Å². The summed E-state index contributed by atoms with van der Waals surface area (Å²) in [5.74, 6) is -0.858. The first-order valence-corrected chi connectivity index (χ1v) is 7.09. The molecule has 0 atom stereocenters.